The summed E-state index contributed by atoms with van der Waals surface area (Å²) in [6, 6.07) is 0.251. The molecule has 1 aliphatic heterocycles. The maximum absolute atomic E-state index is 12.1. The van der Waals surface area contributed by atoms with Gasteiger partial charge >= 0.3 is 0 Å². The van der Waals surface area contributed by atoms with Crippen molar-refractivity contribution in [2.75, 3.05) is 20.1 Å². The number of halogens is 1. The third kappa shape index (κ3) is 6.40. The highest BCUT2D eigenvalue weighted by Gasteiger charge is 2.27. The van der Waals surface area contributed by atoms with E-state index >= 15 is 0 Å². The quantitative estimate of drug-likeness (QED) is 0.387. The smallest absolute Gasteiger partial charge is 0.225 e. The van der Waals surface area contributed by atoms with Gasteiger partial charge in [0.15, 0.2) is 5.96 Å². The molecular formula is C17H30IN5OS. The van der Waals surface area contributed by atoms with E-state index in [-0.39, 0.29) is 41.8 Å². The van der Waals surface area contributed by atoms with Gasteiger partial charge in [0.2, 0.25) is 5.91 Å². The van der Waals surface area contributed by atoms with Gasteiger partial charge in [-0.05, 0) is 6.42 Å². The zero-order valence-corrected chi connectivity index (χ0v) is 18.9. The summed E-state index contributed by atoms with van der Waals surface area (Å²) in [6.07, 6.45) is 0.952. The third-order valence-corrected chi connectivity index (χ3v) is 5.25. The van der Waals surface area contributed by atoms with E-state index in [4.69, 9.17) is 0 Å². The van der Waals surface area contributed by atoms with Gasteiger partial charge in [0, 0.05) is 43.4 Å². The van der Waals surface area contributed by atoms with Gasteiger partial charge in [-0.3, -0.25) is 9.79 Å². The van der Waals surface area contributed by atoms with E-state index in [0.717, 1.165) is 36.2 Å². The van der Waals surface area contributed by atoms with Crippen molar-refractivity contribution in [1.29, 1.82) is 0 Å². The Morgan fingerprint density at radius 3 is 2.72 bits per heavy atom. The molecule has 1 atom stereocenters. The highest BCUT2D eigenvalue weighted by Crippen LogP contribution is 2.19. The van der Waals surface area contributed by atoms with Crippen molar-refractivity contribution in [3.63, 3.8) is 0 Å². The lowest BCUT2D eigenvalue weighted by Gasteiger charge is -2.20. The van der Waals surface area contributed by atoms with E-state index in [9.17, 15) is 4.79 Å². The van der Waals surface area contributed by atoms with Crippen LogP contribution in [-0.2, 0) is 11.3 Å². The number of hydrogen-bond acceptors (Lipinski definition) is 4. The molecule has 1 fully saturated rings. The lowest BCUT2D eigenvalue weighted by Crippen LogP contribution is -2.45. The predicted octanol–water partition coefficient (Wildman–Crippen LogP) is 2.81. The number of aromatic nitrogens is 1. The second-order valence-corrected chi connectivity index (χ2v) is 7.72. The van der Waals surface area contributed by atoms with Crippen LogP contribution in [0.25, 0.3) is 0 Å². The first-order valence-corrected chi connectivity index (χ1v) is 9.49. The number of hydrogen-bond donors (Lipinski definition) is 2. The number of guanidine groups is 1. The maximum atomic E-state index is 12.1. The molecule has 1 saturated heterocycles. The van der Waals surface area contributed by atoms with Gasteiger partial charge in [-0.25, -0.2) is 4.98 Å². The first-order chi connectivity index (χ1) is 11.4. The molecule has 8 heteroatoms. The Kier molecular flexibility index (Phi) is 9.12. The van der Waals surface area contributed by atoms with Crippen molar-refractivity contribution in [1.82, 2.24) is 20.5 Å². The number of nitrogens with zero attached hydrogens (tertiary/aromatic N) is 3. The van der Waals surface area contributed by atoms with Crippen LogP contribution in [0.2, 0.25) is 0 Å². The molecule has 0 saturated carbocycles. The normalized spacial score (nSPS) is 17.8. The van der Waals surface area contributed by atoms with Crippen molar-refractivity contribution < 1.29 is 4.79 Å². The SMILES string of the molecule is CN=C(NCc1csc(C(C)C)n1)NC1CCN(C(=O)C(C)C)C1.I. The topological polar surface area (TPSA) is 69.6 Å². The van der Waals surface area contributed by atoms with E-state index in [1.54, 1.807) is 18.4 Å². The molecule has 1 aliphatic rings. The first-order valence-electron chi connectivity index (χ1n) is 8.61. The molecule has 0 aromatic carbocycles. The number of likely N-dealkylation sites (tertiary alicyclic amines) is 1. The van der Waals surface area contributed by atoms with Gasteiger partial charge in [-0.15, -0.1) is 35.3 Å². The fourth-order valence-corrected chi connectivity index (χ4v) is 3.51. The summed E-state index contributed by atoms with van der Waals surface area (Å²) >= 11 is 1.70. The summed E-state index contributed by atoms with van der Waals surface area (Å²) in [6.45, 7) is 10.4. The number of carbonyl (C=O) groups excluding carboxylic acids is 1. The van der Waals surface area contributed by atoms with Gasteiger partial charge in [0.1, 0.15) is 0 Å². The number of aliphatic imine (C=N–C) groups is 1. The third-order valence-electron chi connectivity index (χ3n) is 4.06. The number of amides is 1. The second-order valence-electron chi connectivity index (χ2n) is 6.83. The van der Waals surface area contributed by atoms with E-state index in [0.29, 0.717) is 12.5 Å². The zero-order chi connectivity index (χ0) is 17.7. The van der Waals surface area contributed by atoms with Crippen LogP contribution in [-0.4, -0.2) is 47.9 Å². The van der Waals surface area contributed by atoms with Gasteiger partial charge in [-0.2, -0.15) is 0 Å². The van der Waals surface area contributed by atoms with Crippen LogP contribution < -0.4 is 10.6 Å². The van der Waals surface area contributed by atoms with Crippen molar-refractivity contribution >= 4 is 47.2 Å². The molecule has 2 rings (SSSR count). The molecule has 0 radical (unpaired) electrons. The molecule has 2 heterocycles. The Bertz CT molecular complexity index is 587. The molecule has 25 heavy (non-hydrogen) atoms. The minimum atomic E-state index is 0. The Hall–Kier alpha value is -0.900. The molecule has 1 aromatic heterocycles. The largest absolute Gasteiger partial charge is 0.352 e. The number of rotatable bonds is 5. The Morgan fingerprint density at radius 2 is 2.16 bits per heavy atom. The summed E-state index contributed by atoms with van der Waals surface area (Å²) in [7, 11) is 1.77. The molecule has 2 N–H and O–H groups in total. The highest BCUT2D eigenvalue weighted by molar-refractivity contribution is 14.0. The van der Waals surface area contributed by atoms with E-state index < -0.39 is 0 Å². The van der Waals surface area contributed by atoms with E-state index in [2.05, 4.69) is 39.8 Å². The number of nitrogens with one attached hydrogen (secondary N) is 2. The van der Waals surface area contributed by atoms with Crippen molar-refractivity contribution in [2.24, 2.45) is 10.9 Å². The monoisotopic (exact) mass is 479 g/mol. The maximum Gasteiger partial charge on any atom is 0.225 e. The fourth-order valence-electron chi connectivity index (χ4n) is 2.67. The Labute approximate surface area is 171 Å². The predicted molar refractivity (Wildman–Crippen MR) is 115 cm³/mol. The molecule has 142 valence electrons. The van der Waals surface area contributed by atoms with E-state index in [1.807, 2.05) is 18.7 Å². The Morgan fingerprint density at radius 1 is 1.44 bits per heavy atom. The van der Waals surface area contributed by atoms with Crippen LogP contribution in [0.4, 0.5) is 0 Å². The van der Waals surface area contributed by atoms with Crippen molar-refractivity contribution in [3.05, 3.63) is 16.1 Å². The molecule has 6 nitrogen and oxygen atoms in total. The minimum absolute atomic E-state index is 0. The minimum Gasteiger partial charge on any atom is -0.352 e. The van der Waals surface area contributed by atoms with Crippen LogP contribution in [0.1, 0.15) is 50.7 Å². The molecule has 1 aromatic rings. The summed E-state index contributed by atoms with van der Waals surface area (Å²) in [5, 5.41) is 9.97. The first kappa shape index (κ1) is 22.1. The van der Waals surface area contributed by atoms with Gasteiger partial charge < -0.3 is 15.5 Å². The van der Waals surface area contributed by atoms with Crippen molar-refractivity contribution in [3.8, 4) is 0 Å². The lowest BCUT2D eigenvalue weighted by molar-refractivity contribution is -0.133. The Balaban J connectivity index is 0.00000312. The molecular weight excluding hydrogens is 449 g/mol. The molecule has 1 unspecified atom stereocenters. The molecule has 0 spiro atoms. The average molecular weight is 479 g/mol. The summed E-state index contributed by atoms with van der Waals surface area (Å²) in [5.41, 5.74) is 1.04. The van der Waals surface area contributed by atoms with Crippen LogP contribution in [0, 0.1) is 5.92 Å². The lowest BCUT2D eigenvalue weighted by atomic mass is 10.2. The summed E-state index contributed by atoms with van der Waals surface area (Å²) < 4.78 is 0. The van der Waals surface area contributed by atoms with Crippen molar-refractivity contribution in [2.45, 2.75) is 52.6 Å². The molecule has 0 bridgehead atoms. The van der Waals surface area contributed by atoms with Gasteiger partial charge in [-0.1, -0.05) is 27.7 Å². The summed E-state index contributed by atoms with van der Waals surface area (Å²) in [4.78, 5) is 22.9. The number of thiazole rings is 1. The van der Waals surface area contributed by atoms with Crippen LogP contribution in [0.15, 0.2) is 10.4 Å². The van der Waals surface area contributed by atoms with Crippen LogP contribution in [0.5, 0.6) is 0 Å². The average Bonchev–Trinajstić information content (AvgIpc) is 3.19. The second kappa shape index (κ2) is 10.3. The molecule has 0 aliphatic carbocycles. The highest BCUT2D eigenvalue weighted by atomic mass is 127. The van der Waals surface area contributed by atoms with E-state index in [1.165, 1.54) is 0 Å². The van der Waals surface area contributed by atoms with Gasteiger partial charge in [0.05, 0.1) is 17.2 Å². The van der Waals surface area contributed by atoms with Crippen LogP contribution in [0.3, 0.4) is 0 Å². The summed E-state index contributed by atoms with van der Waals surface area (Å²) in [5.74, 6) is 1.51. The molecule has 1 amide bonds. The fraction of sp³-hybridized carbons (Fsp3) is 0.706. The van der Waals surface area contributed by atoms with Gasteiger partial charge in [0.25, 0.3) is 0 Å². The zero-order valence-electron chi connectivity index (χ0n) is 15.7. The number of carbonyl (C=O) groups is 1. The standard InChI is InChI=1S/C17H29N5OS.HI/c1-11(2)15-20-14(10-24-15)8-19-17(18-5)21-13-6-7-22(9-13)16(23)12(3)4;/h10-13H,6-9H2,1-5H3,(H2,18,19,21);1H. The van der Waals surface area contributed by atoms with Crippen LogP contribution >= 0.6 is 35.3 Å².